The lowest BCUT2D eigenvalue weighted by molar-refractivity contribution is -0.274. The quantitative estimate of drug-likeness (QED) is 0.619. The number of anilines is 1. The third-order valence-corrected chi connectivity index (χ3v) is 4.29. The second kappa shape index (κ2) is 8.17. The van der Waals surface area contributed by atoms with Crippen molar-refractivity contribution in [1.29, 1.82) is 0 Å². The Morgan fingerprint density at radius 3 is 2.43 bits per heavy atom. The summed E-state index contributed by atoms with van der Waals surface area (Å²) in [6, 6.07) is 11.6. The molecule has 2 amide bonds. The van der Waals surface area contributed by atoms with Gasteiger partial charge in [0.05, 0.1) is 11.4 Å². The van der Waals surface area contributed by atoms with E-state index in [1.807, 2.05) is 17.5 Å². The maximum atomic E-state index is 12.1. The Kier molecular flexibility index (Phi) is 5.69. The van der Waals surface area contributed by atoms with Crippen LogP contribution in [-0.4, -0.2) is 18.2 Å². The molecular weight excluding hydrogens is 397 g/mol. The maximum Gasteiger partial charge on any atom is 0.573 e. The second-order valence-corrected chi connectivity index (χ2v) is 6.40. The van der Waals surface area contributed by atoms with Gasteiger partial charge in [-0.3, -0.25) is 9.59 Å². The van der Waals surface area contributed by atoms with Crippen LogP contribution in [0.15, 0.2) is 58.3 Å². The Labute approximate surface area is 160 Å². The molecule has 28 heavy (non-hydrogen) atoms. The highest BCUT2D eigenvalue weighted by Gasteiger charge is 2.31. The van der Waals surface area contributed by atoms with E-state index >= 15 is 0 Å². The predicted molar refractivity (Wildman–Crippen MR) is 95.6 cm³/mol. The first-order chi connectivity index (χ1) is 13.3. The van der Waals surface area contributed by atoms with E-state index in [0.717, 1.165) is 17.0 Å². The summed E-state index contributed by atoms with van der Waals surface area (Å²) in [5.74, 6) is -1.18. The van der Waals surface area contributed by atoms with Crippen LogP contribution in [0.1, 0.15) is 5.76 Å². The van der Waals surface area contributed by atoms with Gasteiger partial charge >= 0.3 is 18.2 Å². The van der Waals surface area contributed by atoms with Crippen LogP contribution in [0.5, 0.6) is 5.75 Å². The fourth-order valence-corrected chi connectivity index (χ4v) is 2.89. The molecule has 2 N–H and O–H groups in total. The summed E-state index contributed by atoms with van der Waals surface area (Å²) in [6.45, 7) is 0.00991. The van der Waals surface area contributed by atoms with Crippen LogP contribution in [-0.2, 0) is 16.1 Å². The van der Waals surface area contributed by atoms with E-state index in [1.54, 1.807) is 12.1 Å². The number of halogens is 3. The normalized spacial score (nSPS) is 11.1. The number of furan rings is 1. The molecule has 146 valence electrons. The summed E-state index contributed by atoms with van der Waals surface area (Å²) in [6.07, 6.45) is -4.81. The van der Waals surface area contributed by atoms with Gasteiger partial charge in [0.25, 0.3) is 0 Å². The number of ether oxygens (including phenoxy) is 1. The highest BCUT2D eigenvalue weighted by molar-refractivity contribution is 7.13. The monoisotopic (exact) mass is 410 g/mol. The van der Waals surface area contributed by atoms with Gasteiger partial charge in [-0.25, -0.2) is 0 Å². The molecule has 6 nitrogen and oxygen atoms in total. The van der Waals surface area contributed by atoms with Crippen LogP contribution >= 0.6 is 11.3 Å². The minimum Gasteiger partial charge on any atom is -0.458 e. The minimum atomic E-state index is -4.81. The molecule has 0 radical (unpaired) electrons. The second-order valence-electron chi connectivity index (χ2n) is 5.45. The van der Waals surface area contributed by atoms with E-state index in [9.17, 15) is 22.8 Å². The van der Waals surface area contributed by atoms with Gasteiger partial charge in [0.1, 0.15) is 17.3 Å². The fraction of sp³-hybridized carbons (Fsp3) is 0.111. The van der Waals surface area contributed by atoms with Crippen molar-refractivity contribution in [2.75, 3.05) is 5.32 Å². The van der Waals surface area contributed by atoms with Crippen molar-refractivity contribution in [3.63, 3.8) is 0 Å². The molecule has 0 fully saturated rings. The number of rotatable bonds is 5. The van der Waals surface area contributed by atoms with Crippen molar-refractivity contribution in [2.24, 2.45) is 0 Å². The van der Waals surface area contributed by atoms with Gasteiger partial charge in [0.2, 0.25) is 0 Å². The molecule has 0 atom stereocenters. The number of alkyl halides is 3. The molecule has 2 heterocycles. The molecule has 0 aliphatic rings. The zero-order chi connectivity index (χ0) is 20.1. The maximum absolute atomic E-state index is 12.1. The Bertz CT molecular complexity index is 950. The molecule has 1 aromatic carbocycles. The van der Waals surface area contributed by atoms with E-state index in [2.05, 4.69) is 15.4 Å². The van der Waals surface area contributed by atoms with Gasteiger partial charge in [-0.2, -0.15) is 0 Å². The molecule has 2 aromatic heterocycles. The van der Waals surface area contributed by atoms with Crippen LogP contribution < -0.4 is 15.4 Å². The third kappa shape index (κ3) is 5.36. The van der Waals surface area contributed by atoms with Crippen molar-refractivity contribution in [3.05, 3.63) is 59.7 Å². The molecule has 3 rings (SSSR count). The highest BCUT2D eigenvalue weighted by Crippen LogP contribution is 2.26. The molecular formula is C18H13F3N2O4S. The summed E-state index contributed by atoms with van der Waals surface area (Å²) < 4.78 is 45.6. The Morgan fingerprint density at radius 1 is 1.04 bits per heavy atom. The standard InChI is InChI=1S/C18H13F3N2O4S/c19-18(20,21)27-12-5-3-11(4-6-12)23-17(25)16(24)22-10-13-7-8-14(26-13)15-2-1-9-28-15/h1-9H,10H2,(H,22,24)(H,23,25). The first-order valence-electron chi connectivity index (χ1n) is 7.88. The lowest BCUT2D eigenvalue weighted by Gasteiger charge is -2.10. The average molecular weight is 410 g/mol. The molecule has 0 bridgehead atoms. The first kappa shape index (κ1) is 19.5. The predicted octanol–water partition coefficient (Wildman–Crippen LogP) is 4.16. The van der Waals surface area contributed by atoms with Gasteiger partial charge in [-0.05, 0) is 47.8 Å². The van der Waals surface area contributed by atoms with E-state index in [-0.39, 0.29) is 12.2 Å². The number of thiophene rings is 1. The number of carbonyl (C=O) groups excluding carboxylic acids is 2. The minimum absolute atomic E-state index is 0.00991. The van der Waals surface area contributed by atoms with Gasteiger partial charge in [0.15, 0.2) is 0 Å². The van der Waals surface area contributed by atoms with Crippen LogP contribution in [0.25, 0.3) is 10.6 Å². The van der Waals surface area contributed by atoms with Crippen molar-refractivity contribution in [2.45, 2.75) is 12.9 Å². The van der Waals surface area contributed by atoms with E-state index in [0.29, 0.717) is 11.5 Å². The number of amides is 2. The summed E-state index contributed by atoms with van der Waals surface area (Å²) in [5, 5.41) is 6.59. The van der Waals surface area contributed by atoms with Crippen LogP contribution in [0.2, 0.25) is 0 Å². The van der Waals surface area contributed by atoms with Crippen molar-refractivity contribution in [3.8, 4) is 16.4 Å². The van der Waals surface area contributed by atoms with Gasteiger partial charge in [0, 0.05) is 5.69 Å². The first-order valence-corrected chi connectivity index (χ1v) is 8.76. The average Bonchev–Trinajstić information content (AvgIpc) is 3.31. The number of nitrogens with one attached hydrogen (secondary N) is 2. The van der Waals surface area contributed by atoms with Crippen LogP contribution in [0, 0.1) is 0 Å². The third-order valence-electron chi connectivity index (χ3n) is 3.40. The molecule has 0 saturated carbocycles. The molecule has 0 aliphatic heterocycles. The SMILES string of the molecule is O=C(NCc1ccc(-c2cccs2)o1)C(=O)Nc1ccc(OC(F)(F)F)cc1. The number of carbonyl (C=O) groups is 2. The summed E-state index contributed by atoms with van der Waals surface area (Å²) >= 11 is 1.51. The van der Waals surface area contributed by atoms with Crippen molar-refractivity contribution in [1.82, 2.24) is 5.32 Å². The molecule has 3 aromatic rings. The van der Waals surface area contributed by atoms with E-state index in [4.69, 9.17) is 4.42 Å². The zero-order valence-corrected chi connectivity index (χ0v) is 14.9. The topological polar surface area (TPSA) is 80.6 Å². The molecule has 0 spiro atoms. The van der Waals surface area contributed by atoms with E-state index in [1.165, 1.54) is 23.5 Å². The molecule has 10 heteroatoms. The Morgan fingerprint density at radius 2 is 1.79 bits per heavy atom. The fourth-order valence-electron chi connectivity index (χ4n) is 2.20. The smallest absolute Gasteiger partial charge is 0.458 e. The highest BCUT2D eigenvalue weighted by atomic mass is 32.1. The van der Waals surface area contributed by atoms with Gasteiger partial charge in [-0.1, -0.05) is 6.07 Å². The largest absolute Gasteiger partial charge is 0.573 e. The summed E-state index contributed by atoms with van der Waals surface area (Å²) in [7, 11) is 0. The van der Waals surface area contributed by atoms with Crippen molar-refractivity contribution >= 4 is 28.8 Å². The van der Waals surface area contributed by atoms with Gasteiger partial charge in [-0.15, -0.1) is 24.5 Å². The number of hydrogen-bond donors (Lipinski definition) is 2. The van der Waals surface area contributed by atoms with Crippen molar-refractivity contribution < 1.29 is 31.9 Å². The van der Waals surface area contributed by atoms with Gasteiger partial charge < -0.3 is 19.8 Å². The lowest BCUT2D eigenvalue weighted by Crippen LogP contribution is -2.34. The summed E-state index contributed by atoms with van der Waals surface area (Å²) in [5.41, 5.74) is 0.146. The summed E-state index contributed by atoms with van der Waals surface area (Å²) in [4.78, 5) is 24.7. The molecule has 0 saturated heterocycles. The lowest BCUT2D eigenvalue weighted by atomic mass is 10.3. The van der Waals surface area contributed by atoms with Crippen LogP contribution in [0.4, 0.5) is 18.9 Å². The zero-order valence-electron chi connectivity index (χ0n) is 14.1. The van der Waals surface area contributed by atoms with Crippen LogP contribution in [0.3, 0.4) is 0 Å². The molecule has 0 aliphatic carbocycles. The Balaban J connectivity index is 1.50. The van der Waals surface area contributed by atoms with E-state index < -0.39 is 23.9 Å². The number of benzene rings is 1. The Hall–Kier alpha value is -3.27. The molecule has 0 unspecified atom stereocenters. The number of hydrogen-bond acceptors (Lipinski definition) is 5.